The largest absolute Gasteiger partial charge is 0.386 e. The van der Waals surface area contributed by atoms with Gasteiger partial charge >= 0.3 is 6.03 Å². The van der Waals surface area contributed by atoms with Crippen molar-refractivity contribution < 1.29 is 9.90 Å². The summed E-state index contributed by atoms with van der Waals surface area (Å²) in [6, 6.07) is 16.1. The van der Waals surface area contributed by atoms with Crippen molar-refractivity contribution in [3.8, 4) is 0 Å². The van der Waals surface area contributed by atoms with Crippen molar-refractivity contribution >= 4 is 11.7 Å². The Balaban J connectivity index is 1.91. The number of aliphatic hydroxyl groups is 1. The van der Waals surface area contributed by atoms with Gasteiger partial charge in [0, 0.05) is 5.69 Å². The number of amides is 2. The van der Waals surface area contributed by atoms with Crippen LogP contribution in [0, 0.1) is 6.92 Å². The number of urea groups is 1. The van der Waals surface area contributed by atoms with Gasteiger partial charge in [0.1, 0.15) is 0 Å². The summed E-state index contributed by atoms with van der Waals surface area (Å²) in [6.45, 7) is 3.76. The van der Waals surface area contributed by atoms with Gasteiger partial charge in [-0.05, 0) is 31.5 Å². The first kappa shape index (κ1) is 15.1. The Morgan fingerprint density at radius 1 is 1.05 bits per heavy atom. The number of aryl methyl sites for hydroxylation is 1. The van der Waals surface area contributed by atoms with Crippen LogP contribution in [-0.2, 0) is 0 Å². The Morgan fingerprint density at radius 2 is 1.67 bits per heavy atom. The highest BCUT2D eigenvalue weighted by atomic mass is 16.3. The van der Waals surface area contributed by atoms with Crippen LogP contribution < -0.4 is 10.6 Å². The Kier molecular flexibility index (Phi) is 4.95. The molecule has 0 saturated carbocycles. The molecule has 2 aromatic carbocycles. The van der Waals surface area contributed by atoms with E-state index in [0.717, 1.165) is 16.8 Å². The van der Waals surface area contributed by atoms with Crippen LogP contribution in [0.25, 0.3) is 0 Å². The van der Waals surface area contributed by atoms with Crippen molar-refractivity contribution in [3.63, 3.8) is 0 Å². The molecule has 0 saturated heterocycles. The highest BCUT2D eigenvalue weighted by molar-refractivity contribution is 5.89. The summed E-state index contributed by atoms with van der Waals surface area (Å²) >= 11 is 0. The average Bonchev–Trinajstić information content (AvgIpc) is 2.49. The minimum atomic E-state index is -0.741. The summed E-state index contributed by atoms with van der Waals surface area (Å²) < 4.78 is 0. The van der Waals surface area contributed by atoms with E-state index in [0.29, 0.717) is 0 Å². The average molecular weight is 284 g/mol. The van der Waals surface area contributed by atoms with Crippen LogP contribution in [0.4, 0.5) is 10.5 Å². The SMILES string of the molecule is Cc1ccc(NC(=O)N[C@H](C)[C@H](O)c2ccccc2)cc1. The number of nitrogens with one attached hydrogen (secondary N) is 2. The van der Waals surface area contributed by atoms with Crippen LogP contribution in [0.5, 0.6) is 0 Å². The Bertz CT molecular complexity index is 581. The number of hydrogen-bond acceptors (Lipinski definition) is 2. The van der Waals surface area contributed by atoms with Gasteiger partial charge in [-0.15, -0.1) is 0 Å². The maximum atomic E-state index is 11.9. The fourth-order valence-corrected chi connectivity index (χ4v) is 2.03. The van der Waals surface area contributed by atoms with E-state index < -0.39 is 12.1 Å². The minimum Gasteiger partial charge on any atom is -0.386 e. The maximum absolute atomic E-state index is 11.9. The molecular weight excluding hydrogens is 264 g/mol. The fraction of sp³-hybridized carbons (Fsp3) is 0.235. The summed E-state index contributed by atoms with van der Waals surface area (Å²) in [5, 5.41) is 15.7. The summed E-state index contributed by atoms with van der Waals surface area (Å²) in [6.07, 6.45) is -0.741. The third kappa shape index (κ3) is 4.33. The number of aliphatic hydroxyl groups excluding tert-OH is 1. The molecule has 0 aliphatic rings. The highest BCUT2D eigenvalue weighted by Crippen LogP contribution is 2.16. The number of carbonyl (C=O) groups excluding carboxylic acids is 1. The molecule has 0 unspecified atom stereocenters. The smallest absolute Gasteiger partial charge is 0.319 e. The number of carbonyl (C=O) groups is 1. The van der Waals surface area contributed by atoms with Gasteiger partial charge in [-0.25, -0.2) is 4.79 Å². The van der Waals surface area contributed by atoms with E-state index in [1.807, 2.05) is 61.5 Å². The first-order valence-corrected chi connectivity index (χ1v) is 6.93. The summed E-state index contributed by atoms with van der Waals surface area (Å²) in [7, 11) is 0. The molecule has 3 N–H and O–H groups in total. The summed E-state index contributed by atoms with van der Waals surface area (Å²) in [4.78, 5) is 11.9. The van der Waals surface area contributed by atoms with Crippen molar-refractivity contribution in [1.29, 1.82) is 0 Å². The van der Waals surface area contributed by atoms with Gasteiger partial charge in [0.2, 0.25) is 0 Å². The van der Waals surface area contributed by atoms with Gasteiger partial charge in [0.15, 0.2) is 0 Å². The third-order valence-electron chi connectivity index (χ3n) is 3.28. The van der Waals surface area contributed by atoms with Gasteiger partial charge in [-0.2, -0.15) is 0 Å². The predicted octanol–water partition coefficient (Wildman–Crippen LogP) is 3.24. The quantitative estimate of drug-likeness (QED) is 0.807. The predicted molar refractivity (Wildman–Crippen MR) is 84.2 cm³/mol. The molecular formula is C17H20N2O2. The lowest BCUT2D eigenvalue weighted by Crippen LogP contribution is -2.39. The molecule has 2 atom stereocenters. The molecule has 0 aliphatic heterocycles. The van der Waals surface area contributed by atoms with Gasteiger partial charge in [-0.1, -0.05) is 48.0 Å². The molecule has 0 radical (unpaired) electrons. The van der Waals surface area contributed by atoms with E-state index in [-0.39, 0.29) is 6.03 Å². The lowest BCUT2D eigenvalue weighted by molar-refractivity contribution is 0.139. The summed E-state index contributed by atoms with van der Waals surface area (Å²) in [5.41, 5.74) is 2.63. The van der Waals surface area contributed by atoms with E-state index in [1.54, 1.807) is 6.92 Å². The zero-order valence-corrected chi connectivity index (χ0v) is 12.2. The van der Waals surface area contributed by atoms with Gasteiger partial charge < -0.3 is 15.7 Å². The molecule has 0 aliphatic carbocycles. The lowest BCUT2D eigenvalue weighted by Gasteiger charge is -2.20. The first-order valence-electron chi connectivity index (χ1n) is 6.93. The Morgan fingerprint density at radius 3 is 2.29 bits per heavy atom. The van der Waals surface area contributed by atoms with Crippen LogP contribution in [0.15, 0.2) is 54.6 Å². The molecule has 0 heterocycles. The van der Waals surface area contributed by atoms with E-state index in [1.165, 1.54) is 0 Å². The standard InChI is InChI=1S/C17H20N2O2/c1-12-8-10-15(11-9-12)19-17(21)18-13(2)16(20)14-6-4-3-5-7-14/h3-11,13,16,20H,1-2H3,(H2,18,19,21)/t13-,16+/m1/s1. The fourth-order valence-electron chi connectivity index (χ4n) is 2.03. The second-order valence-corrected chi connectivity index (χ2v) is 5.11. The van der Waals surface area contributed by atoms with Crippen molar-refractivity contribution in [2.75, 3.05) is 5.32 Å². The molecule has 0 fully saturated rings. The molecule has 0 spiro atoms. The maximum Gasteiger partial charge on any atom is 0.319 e. The molecule has 0 aromatic heterocycles. The van der Waals surface area contributed by atoms with Crippen LogP contribution in [0.1, 0.15) is 24.2 Å². The van der Waals surface area contributed by atoms with Gasteiger partial charge in [-0.3, -0.25) is 0 Å². The van der Waals surface area contributed by atoms with Crippen molar-refractivity contribution in [3.05, 3.63) is 65.7 Å². The van der Waals surface area contributed by atoms with Crippen LogP contribution in [-0.4, -0.2) is 17.2 Å². The van der Waals surface area contributed by atoms with Crippen molar-refractivity contribution in [2.45, 2.75) is 26.0 Å². The normalized spacial score (nSPS) is 13.3. The topological polar surface area (TPSA) is 61.4 Å². The van der Waals surface area contributed by atoms with E-state index >= 15 is 0 Å². The van der Waals surface area contributed by atoms with Crippen molar-refractivity contribution in [2.24, 2.45) is 0 Å². The zero-order valence-electron chi connectivity index (χ0n) is 12.2. The Labute approximate surface area is 124 Å². The lowest BCUT2D eigenvalue weighted by atomic mass is 10.0. The second-order valence-electron chi connectivity index (χ2n) is 5.11. The monoisotopic (exact) mass is 284 g/mol. The number of anilines is 1. The molecule has 21 heavy (non-hydrogen) atoms. The zero-order chi connectivity index (χ0) is 15.2. The molecule has 4 heteroatoms. The van der Waals surface area contributed by atoms with Gasteiger partial charge in [0.05, 0.1) is 12.1 Å². The molecule has 110 valence electrons. The number of rotatable bonds is 4. The number of hydrogen-bond donors (Lipinski definition) is 3. The molecule has 4 nitrogen and oxygen atoms in total. The summed E-state index contributed by atoms with van der Waals surface area (Å²) in [5.74, 6) is 0. The number of benzene rings is 2. The Hall–Kier alpha value is -2.33. The van der Waals surface area contributed by atoms with E-state index in [2.05, 4.69) is 10.6 Å². The third-order valence-corrected chi connectivity index (χ3v) is 3.28. The first-order chi connectivity index (χ1) is 10.1. The van der Waals surface area contributed by atoms with E-state index in [4.69, 9.17) is 0 Å². The van der Waals surface area contributed by atoms with Crippen LogP contribution >= 0.6 is 0 Å². The molecule has 2 rings (SSSR count). The molecule has 0 bridgehead atoms. The van der Waals surface area contributed by atoms with Crippen LogP contribution in [0.3, 0.4) is 0 Å². The molecule has 2 aromatic rings. The minimum absolute atomic E-state index is 0.332. The van der Waals surface area contributed by atoms with Crippen LogP contribution in [0.2, 0.25) is 0 Å². The van der Waals surface area contributed by atoms with Crippen molar-refractivity contribution in [1.82, 2.24) is 5.32 Å². The molecule has 2 amide bonds. The highest BCUT2D eigenvalue weighted by Gasteiger charge is 2.18. The van der Waals surface area contributed by atoms with Gasteiger partial charge in [0.25, 0.3) is 0 Å². The van der Waals surface area contributed by atoms with E-state index in [9.17, 15) is 9.90 Å². The second kappa shape index (κ2) is 6.90.